The molecule has 10 heteroatoms. The molecule has 3 amide bonds. The Morgan fingerprint density at radius 1 is 0.581 bits per heavy atom. The van der Waals surface area contributed by atoms with E-state index in [0.717, 1.165) is 0 Å². The number of nitrogens with one attached hydrogen (secondary N) is 3. The topological polar surface area (TPSA) is 90.5 Å². The van der Waals surface area contributed by atoms with Crippen molar-refractivity contribution in [1.82, 2.24) is 20.9 Å². The van der Waals surface area contributed by atoms with E-state index in [1.807, 2.05) is 41.5 Å². The van der Waals surface area contributed by atoms with Gasteiger partial charge in [0.25, 0.3) is 0 Å². The molecule has 0 rings (SSSR count). The second-order valence-electron chi connectivity index (χ2n) is 8.75. The molecule has 7 nitrogen and oxygen atoms in total. The van der Waals surface area contributed by atoms with Crippen LogP contribution in [-0.2, 0) is 14.4 Å². The van der Waals surface area contributed by atoms with Gasteiger partial charge in [-0.3, -0.25) is 0 Å². The van der Waals surface area contributed by atoms with Crippen molar-refractivity contribution in [2.45, 2.75) is 66.8 Å². The number of rotatable bonds is 15. The molecule has 0 radical (unpaired) electrons. The maximum absolute atomic E-state index is 12.4. The Morgan fingerprint density at radius 2 is 0.806 bits per heavy atom. The molecule has 0 aromatic heterocycles. The third kappa shape index (κ3) is 12.1. The predicted octanol–water partition coefficient (Wildman–Crippen LogP) is 1.49. The first-order valence-corrected chi connectivity index (χ1v) is 20.9. The Balaban J connectivity index is 4.76. The summed E-state index contributed by atoms with van der Waals surface area (Å²) >= 11 is -1.10. The van der Waals surface area contributed by atoms with Gasteiger partial charge in [-0.05, 0) is 0 Å². The van der Waals surface area contributed by atoms with E-state index < -0.39 is 0 Å². The third-order valence-corrected chi connectivity index (χ3v) is 15.6. The summed E-state index contributed by atoms with van der Waals surface area (Å²) in [6.07, 6.45) is 0. The number of hydrogen-bond donors (Lipinski definition) is 3. The second kappa shape index (κ2) is 14.9. The summed E-state index contributed by atoms with van der Waals surface area (Å²) in [6.45, 7) is 15.8. The number of carbonyl (C=O) groups is 3. The van der Waals surface area contributed by atoms with Crippen molar-refractivity contribution >= 4 is 80.5 Å². The van der Waals surface area contributed by atoms with Crippen molar-refractivity contribution < 1.29 is 14.4 Å². The van der Waals surface area contributed by atoms with Gasteiger partial charge in [-0.15, -0.1) is 0 Å². The summed E-state index contributed by atoms with van der Waals surface area (Å²) in [5, 5.41) is 9.17. The fourth-order valence-electron chi connectivity index (χ4n) is 2.23. The first-order valence-electron chi connectivity index (χ1n) is 10.5. The zero-order valence-corrected chi connectivity index (χ0v) is 27.6. The van der Waals surface area contributed by atoms with Crippen molar-refractivity contribution in [3.8, 4) is 0 Å². The van der Waals surface area contributed by atoms with Gasteiger partial charge >= 0.3 is 222 Å². The molecule has 0 bridgehead atoms. The molecule has 0 aliphatic heterocycles. The number of carbonyl (C=O) groups excluding carboxylic acids is 3. The minimum atomic E-state index is -0.366. The Hall–Kier alpha value is 0.739. The molecule has 3 N–H and O–H groups in total. The first kappa shape index (κ1) is 31.7. The standard InChI is InChI=1S/C21H42N4O3Te3/c1-19(2,29-7)16(26)22-10-13-25(14-11-23-17(27)20(3,4)30-8)15-12-24-18(28)21(5,6)31-9/h10-15H2,1-9H3,(H,22,26)(H,23,27)(H,24,28). The zero-order chi connectivity index (χ0) is 24.3. The van der Waals surface area contributed by atoms with Crippen LogP contribution in [0.5, 0.6) is 0 Å². The second-order valence-corrected chi connectivity index (χ2v) is 21.0. The van der Waals surface area contributed by atoms with Crippen molar-refractivity contribution in [1.29, 1.82) is 0 Å². The molecule has 0 fully saturated rings. The van der Waals surface area contributed by atoms with Gasteiger partial charge < -0.3 is 0 Å². The van der Waals surface area contributed by atoms with E-state index in [9.17, 15) is 14.4 Å². The molecular formula is C21H42N4O3Te3. The molecule has 0 saturated heterocycles. The normalized spacial score (nSPS) is 12.6. The van der Waals surface area contributed by atoms with Crippen molar-refractivity contribution in [3.05, 3.63) is 0 Å². The molecule has 31 heavy (non-hydrogen) atoms. The fraction of sp³-hybridized carbons (Fsp3) is 0.857. The number of amides is 3. The minimum absolute atomic E-state index is 0.114. The molecule has 0 heterocycles. The third-order valence-electron chi connectivity index (χ3n) is 5.31. The Kier molecular flexibility index (Phi) is 15.2. The van der Waals surface area contributed by atoms with Gasteiger partial charge in [-0.25, -0.2) is 0 Å². The summed E-state index contributed by atoms with van der Waals surface area (Å²) in [6, 6.07) is 0. The summed E-state index contributed by atoms with van der Waals surface area (Å²) in [5.74, 6) is 0.341. The van der Waals surface area contributed by atoms with Crippen LogP contribution >= 0.6 is 0 Å². The summed E-state index contributed by atoms with van der Waals surface area (Å²) in [7, 11) is 0. The molecule has 0 aliphatic carbocycles. The van der Waals surface area contributed by atoms with E-state index in [-0.39, 0.29) is 90.9 Å². The van der Waals surface area contributed by atoms with E-state index in [0.29, 0.717) is 39.3 Å². The predicted molar refractivity (Wildman–Crippen MR) is 132 cm³/mol. The molecule has 0 saturated carbocycles. The average Bonchev–Trinajstić information content (AvgIpc) is 2.72. The zero-order valence-electron chi connectivity index (χ0n) is 20.6. The number of hydrogen-bond acceptors (Lipinski definition) is 4. The van der Waals surface area contributed by atoms with E-state index >= 15 is 0 Å². The van der Waals surface area contributed by atoms with Crippen LogP contribution in [0.3, 0.4) is 0 Å². The Morgan fingerprint density at radius 3 is 1.00 bits per heavy atom. The van der Waals surface area contributed by atoms with Crippen LogP contribution in [0.15, 0.2) is 0 Å². The molecule has 0 unspecified atom stereocenters. The molecule has 0 atom stereocenters. The average molecular weight is 781 g/mol. The van der Waals surface area contributed by atoms with Gasteiger partial charge in [0.15, 0.2) is 0 Å². The molecule has 0 aromatic rings. The SMILES string of the molecule is C[Te]C(C)(C)C(=O)NCCN(CCNC(=O)C(C)(C)[Te]C)CCNC(=O)C(C)(C)[Te]C. The summed E-state index contributed by atoms with van der Waals surface area (Å²) in [4.78, 5) is 45.7. The van der Waals surface area contributed by atoms with Gasteiger partial charge in [0, 0.05) is 0 Å². The van der Waals surface area contributed by atoms with Gasteiger partial charge in [-0.2, -0.15) is 0 Å². The van der Waals surface area contributed by atoms with Crippen LogP contribution < -0.4 is 16.0 Å². The van der Waals surface area contributed by atoms with Crippen LogP contribution in [0.4, 0.5) is 0 Å². The van der Waals surface area contributed by atoms with E-state index in [2.05, 4.69) is 35.8 Å². The first-order chi connectivity index (χ1) is 14.2. The van der Waals surface area contributed by atoms with Crippen molar-refractivity contribution in [2.24, 2.45) is 0 Å². The van der Waals surface area contributed by atoms with Crippen molar-refractivity contribution in [3.63, 3.8) is 0 Å². The van der Waals surface area contributed by atoms with Gasteiger partial charge in [0.05, 0.1) is 0 Å². The van der Waals surface area contributed by atoms with E-state index in [1.54, 1.807) is 0 Å². The van der Waals surface area contributed by atoms with Gasteiger partial charge in [0.2, 0.25) is 0 Å². The monoisotopic (exact) mass is 788 g/mol. The maximum atomic E-state index is 12.4. The van der Waals surface area contributed by atoms with Crippen LogP contribution in [0.25, 0.3) is 0 Å². The van der Waals surface area contributed by atoms with Crippen molar-refractivity contribution in [2.75, 3.05) is 39.3 Å². The van der Waals surface area contributed by atoms with Crippen LogP contribution in [0, 0.1) is 0 Å². The number of nitrogens with zero attached hydrogens (tertiary/aromatic N) is 1. The molecule has 0 aliphatic rings. The van der Waals surface area contributed by atoms with Crippen LogP contribution in [0.1, 0.15) is 41.5 Å². The summed E-state index contributed by atoms with van der Waals surface area (Å²) in [5.41, 5.74) is 0. The molecule has 182 valence electrons. The quantitative estimate of drug-likeness (QED) is 0.220. The Bertz CT molecular complexity index is 518. The molecular weight excluding hydrogens is 739 g/mol. The Labute approximate surface area is 220 Å². The summed E-state index contributed by atoms with van der Waals surface area (Å²) < 4.78 is -0.742. The van der Waals surface area contributed by atoms with E-state index in [4.69, 9.17) is 0 Å². The molecule has 0 spiro atoms. The van der Waals surface area contributed by atoms with Crippen LogP contribution in [-0.4, -0.2) is 125 Å². The van der Waals surface area contributed by atoms with Gasteiger partial charge in [-0.1, -0.05) is 0 Å². The fourth-order valence-corrected chi connectivity index (χ4v) is 4.44. The van der Waals surface area contributed by atoms with E-state index in [1.165, 1.54) is 0 Å². The van der Waals surface area contributed by atoms with Gasteiger partial charge in [0.1, 0.15) is 0 Å². The van der Waals surface area contributed by atoms with Crippen LogP contribution in [0.2, 0.25) is 25.3 Å². The molecule has 0 aromatic carbocycles.